The first-order valence-corrected chi connectivity index (χ1v) is 6.86. The maximum atomic E-state index is 13.4. The summed E-state index contributed by atoms with van der Waals surface area (Å²) in [7, 11) is 0. The van der Waals surface area contributed by atoms with E-state index in [2.05, 4.69) is 27.9 Å². The fourth-order valence-corrected chi connectivity index (χ4v) is 2.07. The third-order valence-corrected chi connectivity index (χ3v) is 3.35. The van der Waals surface area contributed by atoms with Gasteiger partial charge in [-0.15, -0.1) is 0 Å². The fraction of sp³-hybridized carbons (Fsp3) is 0.0714. The molecule has 0 atom stereocenters. The van der Waals surface area contributed by atoms with E-state index >= 15 is 0 Å². The molecule has 0 spiro atoms. The van der Waals surface area contributed by atoms with Gasteiger partial charge in [0.15, 0.2) is 6.61 Å². The number of hydrogen-bond acceptors (Lipinski definition) is 3. The second-order valence-corrected chi connectivity index (χ2v) is 5.17. The van der Waals surface area contributed by atoms with Crippen molar-refractivity contribution in [3.8, 4) is 5.75 Å². The summed E-state index contributed by atoms with van der Waals surface area (Å²) < 4.78 is 19.7. The Morgan fingerprint density at radius 1 is 1.30 bits per heavy atom. The van der Waals surface area contributed by atoms with Crippen molar-refractivity contribution in [3.05, 3.63) is 51.9 Å². The van der Waals surface area contributed by atoms with Gasteiger partial charge in [0.05, 0.1) is 9.26 Å². The number of hydrogen-bond donors (Lipinski definition) is 2. The molecule has 0 unspecified atom stereocenters. The largest absolute Gasteiger partial charge is 0.483 e. The number of carbonyl (C=O) groups excluding carboxylic acids is 1. The Bertz CT molecular complexity index is 634. The molecule has 0 bridgehead atoms. The van der Waals surface area contributed by atoms with E-state index in [4.69, 9.17) is 10.5 Å². The molecule has 0 aliphatic carbocycles. The fourth-order valence-electron chi connectivity index (χ4n) is 1.53. The Morgan fingerprint density at radius 3 is 2.80 bits per heavy atom. The first-order valence-electron chi connectivity index (χ1n) is 5.78. The molecule has 0 aromatic heterocycles. The Kier molecular flexibility index (Phi) is 4.78. The number of para-hydroxylation sites is 1. The Morgan fingerprint density at radius 2 is 2.05 bits per heavy atom. The number of amides is 1. The number of nitrogens with one attached hydrogen (secondary N) is 1. The van der Waals surface area contributed by atoms with Crippen molar-refractivity contribution in [3.63, 3.8) is 0 Å². The first kappa shape index (κ1) is 14.6. The number of nitrogen functional groups attached to an aromatic ring is 1. The van der Waals surface area contributed by atoms with Crippen molar-refractivity contribution >= 4 is 39.9 Å². The van der Waals surface area contributed by atoms with Crippen LogP contribution in [0.15, 0.2) is 42.5 Å². The van der Waals surface area contributed by atoms with Gasteiger partial charge in [-0.1, -0.05) is 12.1 Å². The molecule has 3 N–H and O–H groups in total. The highest BCUT2D eigenvalue weighted by molar-refractivity contribution is 14.1. The lowest BCUT2D eigenvalue weighted by molar-refractivity contribution is -0.118. The molecule has 0 aliphatic rings. The van der Waals surface area contributed by atoms with Crippen LogP contribution in [0.3, 0.4) is 0 Å². The van der Waals surface area contributed by atoms with Gasteiger partial charge >= 0.3 is 0 Å². The van der Waals surface area contributed by atoms with Crippen LogP contribution in [-0.2, 0) is 4.79 Å². The highest BCUT2D eigenvalue weighted by Crippen LogP contribution is 2.20. The molecule has 0 fully saturated rings. The van der Waals surface area contributed by atoms with E-state index in [0.717, 1.165) is 3.57 Å². The van der Waals surface area contributed by atoms with Crippen molar-refractivity contribution in [2.75, 3.05) is 17.7 Å². The zero-order valence-electron chi connectivity index (χ0n) is 10.4. The Hall–Kier alpha value is -1.83. The van der Waals surface area contributed by atoms with Gasteiger partial charge < -0.3 is 15.8 Å². The molecule has 2 rings (SSSR count). The third-order valence-electron chi connectivity index (χ3n) is 2.46. The number of anilines is 2. The zero-order valence-corrected chi connectivity index (χ0v) is 12.6. The topological polar surface area (TPSA) is 64.3 Å². The minimum Gasteiger partial charge on any atom is -0.483 e. The van der Waals surface area contributed by atoms with Gasteiger partial charge in [-0.2, -0.15) is 0 Å². The van der Waals surface area contributed by atoms with E-state index in [1.54, 1.807) is 6.07 Å². The number of halogens is 2. The maximum absolute atomic E-state index is 13.4. The predicted molar refractivity (Wildman–Crippen MR) is 84.1 cm³/mol. The molecule has 0 saturated carbocycles. The number of nitrogens with two attached hydrogens (primary N) is 1. The number of carbonyl (C=O) groups is 1. The van der Waals surface area contributed by atoms with Crippen LogP contribution in [0.25, 0.3) is 0 Å². The van der Waals surface area contributed by atoms with Crippen molar-refractivity contribution in [1.29, 1.82) is 0 Å². The summed E-state index contributed by atoms with van der Waals surface area (Å²) in [5.41, 5.74) is 5.96. The van der Waals surface area contributed by atoms with E-state index in [9.17, 15) is 9.18 Å². The van der Waals surface area contributed by atoms with Gasteiger partial charge in [0.1, 0.15) is 11.6 Å². The smallest absolute Gasteiger partial charge is 0.262 e. The standard InChI is InChI=1S/C14H12FIN2O2/c15-10-6-5-9(17)7-12(10)18-14(19)8-20-13-4-2-1-3-11(13)16/h1-7H,8,17H2,(H,18,19). The van der Waals surface area contributed by atoms with Crippen LogP contribution >= 0.6 is 22.6 Å². The van der Waals surface area contributed by atoms with Crippen LogP contribution in [0, 0.1) is 9.39 Å². The van der Waals surface area contributed by atoms with E-state index in [-0.39, 0.29) is 12.3 Å². The van der Waals surface area contributed by atoms with Gasteiger partial charge in [-0.25, -0.2) is 4.39 Å². The summed E-state index contributed by atoms with van der Waals surface area (Å²) in [6.45, 7) is -0.200. The SMILES string of the molecule is Nc1ccc(F)c(NC(=O)COc2ccccc2I)c1. The molecule has 2 aromatic rings. The molecular formula is C14H12FIN2O2. The van der Waals surface area contributed by atoms with E-state index < -0.39 is 11.7 Å². The summed E-state index contributed by atoms with van der Waals surface area (Å²) >= 11 is 2.11. The van der Waals surface area contributed by atoms with Gasteiger partial charge in [0.25, 0.3) is 5.91 Å². The third kappa shape index (κ3) is 3.83. The predicted octanol–water partition coefficient (Wildman–Crippen LogP) is 3.03. The second kappa shape index (κ2) is 6.56. The maximum Gasteiger partial charge on any atom is 0.262 e. The van der Waals surface area contributed by atoms with Crippen LogP contribution in [-0.4, -0.2) is 12.5 Å². The van der Waals surface area contributed by atoms with Crippen LogP contribution in [0.1, 0.15) is 0 Å². The van der Waals surface area contributed by atoms with Gasteiger partial charge in [0, 0.05) is 5.69 Å². The molecule has 0 radical (unpaired) electrons. The van der Waals surface area contributed by atoms with E-state index in [0.29, 0.717) is 11.4 Å². The van der Waals surface area contributed by atoms with Crippen LogP contribution in [0.2, 0.25) is 0 Å². The number of ether oxygens (including phenoxy) is 1. The molecule has 0 saturated heterocycles. The minimum atomic E-state index is -0.540. The van der Waals surface area contributed by atoms with E-state index in [1.165, 1.54) is 18.2 Å². The molecule has 2 aromatic carbocycles. The summed E-state index contributed by atoms with van der Waals surface area (Å²) in [5.74, 6) is -0.382. The summed E-state index contributed by atoms with van der Waals surface area (Å²) in [4.78, 5) is 11.7. The van der Waals surface area contributed by atoms with E-state index in [1.807, 2.05) is 18.2 Å². The summed E-state index contributed by atoms with van der Waals surface area (Å²) in [5, 5.41) is 2.42. The average molecular weight is 386 g/mol. The quantitative estimate of drug-likeness (QED) is 0.627. The lowest BCUT2D eigenvalue weighted by Crippen LogP contribution is -2.21. The zero-order chi connectivity index (χ0) is 14.5. The molecule has 1 amide bonds. The summed E-state index contributed by atoms with van der Waals surface area (Å²) in [6, 6.07) is 11.3. The van der Waals surface area contributed by atoms with Crippen LogP contribution < -0.4 is 15.8 Å². The molecular weight excluding hydrogens is 374 g/mol. The molecule has 0 aliphatic heterocycles. The monoisotopic (exact) mass is 386 g/mol. The molecule has 6 heteroatoms. The first-order chi connectivity index (χ1) is 9.56. The van der Waals surface area contributed by atoms with Crippen molar-refractivity contribution in [2.45, 2.75) is 0 Å². The highest BCUT2D eigenvalue weighted by atomic mass is 127. The Balaban J connectivity index is 1.96. The second-order valence-electron chi connectivity index (χ2n) is 4.01. The minimum absolute atomic E-state index is 0.0429. The lowest BCUT2D eigenvalue weighted by Gasteiger charge is -2.09. The molecule has 20 heavy (non-hydrogen) atoms. The van der Waals surface area contributed by atoms with Crippen LogP contribution in [0.4, 0.5) is 15.8 Å². The van der Waals surface area contributed by atoms with Crippen LogP contribution in [0.5, 0.6) is 5.75 Å². The van der Waals surface area contributed by atoms with Crippen molar-refractivity contribution < 1.29 is 13.9 Å². The number of benzene rings is 2. The lowest BCUT2D eigenvalue weighted by atomic mass is 10.2. The van der Waals surface area contributed by atoms with Gasteiger partial charge in [-0.05, 0) is 52.9 Å². The average Bonchev–Trinajstić information content (AvgIpc) is 2.42. The van der Waals surface area contributed by atoms with Crippen molar-refractivity contribution in [2.24, 2.45) is 0 Å². The normalized spacial score (nSPS) is 10.1. The van der Waals surface area contributed by atoms with Gasteiger partial charge in [-0.3, -0.25) is 4.79 Å². The molecule has 0 heterocycles. The highest BCUT2D eigenvalue weighted by Gasteiger charge is 2.09. The van der Waals surface area contributed by atoms with Crippen molar-refractivity contribution in [1.82, 2.24) is 0 Å². The molecule has 104 valence electrons. The Labute approximate surface area is 129 Å². The number of rotatable bonds is 4. The molecule has 4 nitrogen and oxygen atoms in total. The summed E-state index contributed by atoms with van der Waals surface area (Å²) in [6.07, 6.45) is 0. The van der Waals surface area contributed by atoms with Gasteiger partial charge in [0.2, 0.25) is 0 Å².